The van der Waals surface area contributed by atoms with Crippen molar-refractivity contribution in [1.82, 2.24) is 0 Å². The second kappa shape index (κ2) is 30.8. The van der Waals surface area contributed by atoms with E-state index in [1.54, 1.807) is 20.8 Å². The Morgan fingerprint density at radius 1 is 0.789 bits per heavy atom. The van der Waals surface area contributed by atoms with Gasteiger partial charge in [-0.3, -0.25) is 0 Å². The Morgan fingerprint density at radius 2 is 1.11 bits per heavy atom. The van der Waals surface area contributed by atoms with Crippen LogP contribution in [0.2, 0.25) is 0 Å². The van der Waals surface area contributed by atoms with Crippen LogP contribution in [0.4, 0.5) is 0 Å². The molecule has 3 nitrogen and oxygen atoms in total. The molecule has 0 heterocycles. The van der Waals surface area contributed by atoms with Crippen molar-refractivity contribution < 1.29 is 41.5 Å². The average molecular weight is 348 g/mol. The molecule has 1 aromatic carbocycles. The molecule has 0 aliphatic heterocycles. The molecule has 0 spiro atoms. The molecule has 0 fully saturated rings. The van der Waals surface area contributed by atoms with Gasteiger partial charge in [0.05, 0.1) is 0 Å². The summed E-state index contributed by atoms with van der Waals surface area (Å²) in [7, 11) is 0. The van der Waals surface area contributed by atoms with E-state index < -0.39 is 0 Å². The van der Waals surface area contributed by atoms with E-state index in [9.17, 15) is 0 Å². The first kappa shape index (κ1) is 27.5. The zero-order chi connectivity index (χ0) is 14.6. The molecule has 0 aliphatic carbocycles. The Labute approximate surface area is 138 Å². The number of aryl methyl sites for hydroxylation is 1. The average Bonchev–Trinajstić information content (AvgIpc) is 2.82. The number of hydrogen-bond acceptors (Lipinski definition) is 3. The minimum absolute atomic E-state index is 0. The summed E-state index contributed by atoms with van der Waals surface area (Å²) in [6.45, 7) is 6.93. The van der Waals surface area contributed by atoms with Crippen LogP contribution < -0.4 is 15.3 Å². The molecule has 0 N–H and O–H groups in total. The van der Waals surface area contributed by atoms with Gasteiger partial charge >= 0.3 is 26.2 Å². The molecule has 0 saturated carbocycles. The zero-order valence-corrected chi connectivity index (χ0v) is 15.2. The maximum absolute atomic E-state index is 8.93. The third-order valence-corrected chi connectivity index (χ3v) is 1.55. The Kier molecular flexibility index (Phi) is 44.6. The van der Waals surface area contributed by atoms with Gasteiger partial charge < -0.3 is 15.3 Å². The molecule has 1 rings (SSSR count). The van der Waals surface area contributed by atoms with E-state index in [0.29, 0.717) is 0 Å². The van der Waals surface area contributed by atoms with Crippen LogP contribution >= 0.6 is 0 Å². The monoisotopic (exact) mass is 346 g/mol. The first-order valence-electron chi connectivity index (χ1n) is 6.63. The predicted octanol–water partition coefficient (Wildman–Crippen LogP) is 0.845. The standard InChI is InChI=1S/C9H13.3C2H5O.Zr/c1-2-3-6-9-7-4-5-8-9;3*1-2-3;/h4-5,7-8H,2-3,6H2,1H3;3*2H2,1H3;/q4*-1;+4. The number of unbranched alkanes of at least 4 members (excludes halogenated alkanes) is 1. The predicted molar refractivity (Wildman–Crippen MR) is 72.3 cm³/mol. The van der Waals surface area contributed by atoms with Crippen molar-refractivity contribution in [3.05, 3.63) is 29.8 Å². The molecule has 0 unspecified atom stereocenters. The van der Waals surface area contributed by atoms with Gasteiger partial charge in [0, 0.05) is 0 Å². The fourth-order valence-electron chi connectivity index (χ4n) is 0.961. The van der Waals surface area contributed by atoms with Crippen LogP contribution in [0.1, 0.15) is 46.1 Å². The Balaban J connectivity index is -0.0000000956. The molecule has 0 aliphatic rings. The largest absolute Gasteiger partial charge is 4.00 e. The molecule has 1 aromatic rings. The van der Waals surface area contributed by atoms with Crippen molar-refractivity contribution in [3.63, 3.8) is 0 Å². The van der Waals surface area contributed by atoms with E-state index in [1.165, 1.54) is 24.8 Å². The van der Waals surface area contributed by atoms with Crippen LogP contribution in [0, 0.1) is 0 Å². The van der Waals surface area contributed by atoms with Crippen LogP contribution in [0.3, 0.4) is 0 Å². The smallest absolute Gasteiger partial charge is 0.855 e. The van der Waals surface area contributed by atoms with Crippen molar-refractivity contribution >= 4 is 0 Å². The minimum Gasteiger partial charge on any atom is -0.855 e. The van der Waals surface area contributed by atoms with Crippen molar-refractivity contribution in [1.29, 1.82) is 0 Å². The van der Waals surface area contributed by atoms with Gasteiger partial charge in [0.15, 0.2) is 0 Å². The summed E-state index contributed by atoms with van der Waals surface area (Å²) in [6, 6.07) is 8.58. The fourth-order valence-corrected chi connectivity index (χ4v) is 0.961. The summed E-state index contributed by atoms with van der Waals surface area (Å²) in [4.78, 5) is 0. The van der Waals surface area contributed by atoms with E-state index in [-0.39, 0.29) is 46.0 Å². The zero-order valence-electron chi connectivity index (χ0n) is 12.8. The van der Waals surface area contributed by atoms with Crippen LogP contribution in [-0.4, -0.2) is 19.8 Å². The summed E-state index contributed by atoms with van der Waals surface area (Å²) in [5.41, 5.74) is 1.48. The molecule has 4 heteroatoms. The van der Waals surface area contributed by atoms with Crippen LogP contribution in [-0.2, 0) is 32.6 Å². The van der Waals surface area contributed by atoms with Gasteiger partial charge in [-0.15, -0.1) is 19.8 Å². The van der Waals surface area contributed by atoms with E-state index in [4.69, 9.17) is 15.3 Å². The molecular formula is C15H28O3Zr. The molecule has 0 aromatic heterocycles. The van der Waals surface area contributed by atoms with Crippen molar-refractivity contribution in [2.24, 2.45) is 0 Å². The van der Waals surface area contributed by atoms with Crippen LogP contribution in [0.15, 0.2) is 24.3 Å². The van der Waals surface area contributed by atoms with Crippen molar-refractivity contribution in [2.75, 3.05) is 19.8 Å². The van der Waals surface area contributed by atoms with Gasteiger partial charge in [0.25, 0.3) is 0 Å². The molecule has 19 heavy (non-hydrogen) atoms. The van der Waals surface area contributed by atoms with E-state index in [2.05, 4.69) is 31.2 Å². The topological polar surface area (TPSA) is 69.2 Å². The summed E-state index contributed by atoms with van der Waals surface area (Å²) in [6.07, 6.45) is 3.87. The van der Waals surface area contributed by atoms with E-state index in [0.717, 1.165) is 0 Å². The molecule has 110 valence electrons. The molecule has 0 radical (unpaired) electrons. The van der Waals surface area contributed by atoms with Gasteiger partial charge in [-0.1, -0.05) is 47.0 Å². The third-order valence-electron chi connectivity index (χ3n) is 1.55. The second-order valence-electron chi connectivity index (χ2n) is 3.26. The Bertz CT molecular complexity index is 185. The second-order valence-corrected chi connectivity index (χ2v) is 3.26. The molecule has 0 atom stereocenters. The maximum Gasteiger partial charge on any atom is 4.00 e. The van der Waals surface area contributed by atoms with Gasteiger partial charge in [0.2, 0.25) is 0 Å². The first-order valence-corrected chi connectivity index (χ1v) is 6.63. The molecule has 0 bridgehead atoms. The molecule has 0 saturated heterocycles. The van der Waals surface area contributed by atoms with Crippen LogP contribution in [0.5, 0.6) is 0 Å². The quantitative estimate of drug-likeness (QED) is 0.761. The first-order chi connectivity index (χ1) is 8.67. The van der Waals surface area contributed by atoms with Gasteiger partial charge in [-0.05, 0) is 0 Å². The SMILES string of the molecule is CCCC[c-]1cccc1.CC[O-].CC[O-].CC[O-].[Zr+4]. The van der Waals surface area contributed by atoms with Gasteiger partial charge in [-0.2, -0.15) is 17.7 Å². The normalized spacial score (nSPS) is 7.53. The van der Waals surface area contributed by atoms with Gasteiger partial charge in [0.1, 0.15) is 0 Å². The maximum atomic E-state index is 8.93. The Hall–Kier alpha value is 0.113. The summed E-state index contributed by atoms with van der Waals surface area (Å²) < 4.78 is 0. The number of rotatable bonds is 3. The van der Waals surface area contributed by atoms with E-state index in [1.807, 2.05) is 0 Å². The number of hydrogen-bond donors (Lipinski definition) is 0. The summed E-state index contributed by atoms with van der Waals surface area (Å²) in [5, 5.41) is 26.8. The van der Waals surface area contributed by atoms with Crippen molar-refractivity contribution in [3.8, 4) is 0 Å². The van der Waals surface area contributed by atoms with Gasteiger partial charge in [-0.25, -0.2) is 12.1 Å². The van der Waals surface area contributed by atoms with E-state index >= 15 is 0 Å². The summed E-state index contributed by atoms with van der Waals surface area (Å²) in [5.74, 6) is 0. The van der Waals surface area contributed by atoms with Crippen molar-refractivity contribution in [2.45, 2.75) is 47.0 Å². The molecule has 0 amide bonds. The van der Waals surface area contributed by atoms with Crippen LogP contribution in [0.25, 0.3) is 0 Å². The fraction of sp³-hybridized carbons (Fsp3) is 0.667. The third kappa shape index (κ3) is 38.1. The molecular weight excluding hydrogens is 319 g/mol. The summed E-state index contributed by atoms with van der Waals surface area (Å²) >= 11 is 0. The minimum atomic E-state index is 0. The Morgan fingerprint density at radius 3 is 1.37 bits per heavy atom.